The van der Waals surface area contributed by atoms with Gasteiger partial charge in [0.2, 0.25) is 0 Å². The Hall–Kier alpha value is -1.69. The lowest BCUT2D eigenvalue weighted by Crippen LogP contribution is -2.44. The van der Waals surface area contributed by atoms with Crippen LogP contribution in [0.4, 0.5) is 5.82 Å². The minimum atomic E-state index is -0.548. The minimum Gasteiger partial charge on any atom is -0.387 e. The number of β-amino-alcohol motifs (C(OH)–C–C–N with tert-alkyl or cyclic N) is 1. The number of hydrogen-bond acceptors (Lipinski definition) is 5. The molecule has 1 atom stereocenters. The van der Waals surface area contributed by atoms with Crippen molar-refractivity contribution in [3.05, 3.63) is 53.2 Å². The molecule has 1 N–H and O–H groups in total. The van der Waals surface area contributed by atoms with Crippen LogP contribution >= 0.6 is 11.6 Å². The molecule has 1 fully saturated rings. The van der Waals surface area contributed by atoms with E-state index in [1.807, 2.05) is 36.4 Å². The van der Waals surface area contributed by atoms with Gasteiger partial charge in [0.25, 0.3) is 0 Å². The first-order chi connectivity index (χ1) is 11.6. The number of likely N-dealkylation sites (tertiary alicyclic amines) is 1. The zero-order chi connectivity index (χ0) is 16.9. The summed E-state index contributed by atoms with van der Waals surface area (Å²) in [6.45, 7) is 2.53. The monoisotopic (exact) mass is 346 g/mol. The topological polar surface area (TPSA) is 52.5 Å². The molecule has 0 radical (unpaired) electrons. The fraction of sp³-hybridized carbons (Fsp3) is 0.444. The van der Waals surface area contributed by atoms with E-state index in [2.05, 4.69) is 27.0 Å². The third kappa shape index (κ3) is 4.04. The molecule has 0 aliphatic carbocycles. The molecule has 0 amide bonds. The molecule has 1 unspecified atom stereocenters. The Balaban J connectivity index is 1.53. The quantitative estimate of drug-likeness (QED) is 0.902. The Bertz CT molecular complexity index is 646. The standard InChI is InChI=1S/C18H23ClN4O/c1-22(18-7-4-10-20-21-18)14-8-11-23(12-9-14)13-17(24)15-5-2-3-6-16(15)19/h2-7,10,14,17,24H,8-9,11-13H2,1H3. The van der Waals surface area contributed by atoms with Gasteiger partial charge in [0.15, 0.2) is 5.82 Å². The number of aliphatic hydroxyl groups is 1. The van der Waals surface area contributed by atoms with Crippen LogP contribution in [0.3, 0.4) is 0 Å². The van der Waals surface area contributed by atoms with Gasteiger partial charge in [0.05, 0.1) is 6.10 Å². The lowest BCUT2D eigenvalue weighted by atomic mass is 10.0. The molecule has 2 aromatic rings. The van der Waals surface area contributed by atoms with Crippen LogP contribution in [-0.2, 0) is 0 Å². The summed E-state index contributed by atoms with van der Waals surface area (Å²) in [5, 5.41) is 19.2. The zero-order valence-corrected chi connectivity index (χ0v) is 14.6. The van der Waals surface area contributed by atoms with Crippen molar-refractivity contribution in [3.8, 4) is 0 Å². The fourth-order valence-corrected chi connectivity index (χ4v) is 3.51. The van der Waals surface area contributed by atoms with Crippen molar-refractivity contribution in [2.75, 3.05) is 31.6 Å². The summed E-state index contributed by atoms with van der Waals surface area (Å²) >= 11 is 6.17. The average Bonchev–Trinajstić information content (AvgIpc) is 2.63. The van der Waals surface area contributed by atoms with Crippen molar-refractivity contribution in [1.82, 2.24) is 15.1 Å². The van der Waals surface area contributed by atoms with Gasteiger partial charge >= 0.3 is 0 Å². The van der Waals surface area contributed by atoms with E-state index in [-0.39, 0.29) is 0 Å². The van der Waals surface area contributed by atoms with Crippen molar-refractivity contribution in [2.24, 2.45) is 0 Å². The Kier molecular flexibility index (Phi) is 5.66. The highest BCUT2D eigenvalue weighted by atomic mass is 35.5. The van der Waals surface area contributed by atoms with Gasteiger partial charge in [0, 0.05) is 49.5 Å². The number of anilines is 1. The van der Waals surface area contributed by atoms with E-state index in [4.69, 9.17) is 11.6 Å². The van der Waals surface area contributed by atoms with Crippen LogP contribution in [0.1, 0.15) is 24.5 Å². The maximum absolute atomic E-state index is 10.5. The van der Waals surface area contributed by atoms with E-state index >= 15 is 0 Å². The SMILES string of the molecule is CN(c1cccnn1)C1CCN(CC(O)c2ccccc2Cl)CC1. The van der Waals surface area contributed by atoms with Crippen LogP contribution in [-0.4, -0.2) is 52.9 Å². The summed E-state index contributed by atoms with van der Waals surface area (Å²) in [5.74, 6) is 0.909. The maximum atomic E-state index is 10.5. The van der Waals surface area contributed by atoms with Gasteiger partial charge in [-0.25, -0.2) is 0 Å². The molecule has 5 nitrogen and oxygen atoms in total. The summed E-state index contributed by atoms with van der Waals surface area (Å²) in [6.07, 6.45) is 3.23. The number of benzene rings is 1. The first-order valence-electron chi connectivity index (χ1n) is 8.30. The van der Waals surface area contributed by atoms with Crippen molar-refractivity contribution in [1.29, 1.82) is 0 Å². The molecular weight excluding hydrogens is 324 g/mol. The summed E-state index contributed by atoms with van der Waals surface area (Å²) in [6, 6.07) is 11.9. The second-order valence-corrected chi connectivity index (χ2v) is 6.67. The third-order valence-electron chi connectivity index (χ3n) is 4.72. The largest absolute Gasteiger partial charge is 0.387 e. The molecule has 1 aliphatic heterocycles. The Labute approximate surface area is 147 Å². The van der Waals surface area contributed by atoms with Crippen molar-refractivity contribution in [3.63, 3.8) is 0 Å². The van der Waals surface area contributed by atoms with E-state index in [1.54, 1.807) is 6.20 Å². The van der Waals surface area contributed by atoms with Gasteiger partial charge in [-0.3, -0.25) is 0 Å². The van der Waals surface area contributed by atoms with Gasteiger partial charge in [-0.2, -0.15) is 5.10 Å². The van der Waals surface area contributed by atoms with Gasteiger partial charge in [-0.15, -0.1) is 5.10 Å². The minimum absolute atomic E-state index is 0.454. The van der Waals surface area contributed by atoms with E-state index in [0.717, 1.165) is 37.3 Å². The first kappa shape index (κ1) is 17.1. The van der Waals surface area contributed by atoms with Crippen LogP contribution in [0.25, 0.3) is 0 Å². The van der Waals surface area contributed by atoms with E-state index < -0.39 is 6.10 Å². The van der Waals surface area contributed by atoms with E-state index in [1.165, 1.54) is 0 Å². The average molecular weight is 347 g/mol. The van der Waals surface area contributed by atoms with Gasteiger partial charge in [-0.1, -0.05) is 29.8 Å². The normalized spacial score (nSPS) is 17.6. The highest BCUT2D eigenvalue weighted by Crippen LogP contribution is 2.25. The smallest absolute Gasteiger partial charge is 0.151 e. The van der Waals surface area contributed by atoms with Gasteiger partial charge in [0.1, 0.15) is 0 Å². The van der Waals surface area contributed by atoms with Crippen molar-refractivity contribution in [2.45, 2.75) is 25.0 Å². The second-order valence-electron chi connectivity index (χ2n) is 6.26. The molecule has 0 bridgehead atoms. The predicted molar refractivity (Wildman–Crippen MR) is 96.3 cm³/mol. The number of halogens is 1. The number of aromatic nitrogens is 2. The molecule has 1 aliphatic rings. The Morgan fingerprint density at radius 2 is 2.00 bits per heavy atom. The van der Waals surface area contributed by atoms with Crippen LogP contribution in [0.15, 0.2) is 42.6 Å². The maximum Gasteiger partial charge on any atom is 0.151 e. The Morgan fingerprint density at radius 3 is 2.67 bits per heavy atom. The molecule has 128 valence electrons. The van der Waals surface area contributed by atoms with Crippen LogP contribution in [0.5, 0.6) is 0 Å². The summed E-state index contributed by atoms with van der Waals surface area (Å²) in [7, 11) is 2.07. The highest BCUT2D eigenvalue weighted by molar-refractivity contribution is 6.31. The lowest BCUT2D eigenvalue weighted by molar-refractivity contribution is 0.0973. The molecule has 1 aromatic heterocycles. The molecule has 0 saturated carbocycles. The van der Waals surface area contributed by atoms with Crippen LogP contribution in [0.2, 0.25) is 5.02 Å². The van der Waals surface area contributed by atoms with Gasteiger partial charge < -0.3 is 14.9 Å². The molecule has 3 rings (SSSR count). The molecule has 1 saturated heterocycles. The highest BCUT2D eigenvalue weighted by Gasteiger charge is 2.25. The number of rotatable bonds is 5. The lowest BCUT2D eigenvalue weighted by Gasteiger charge is -2.37. The second kappa shape index (κ2) is 7.92. The van der Waals surface area contributed by atoms with E-state index in [0.29, 0.717) is 17.6 Å². The summed E-state index contributed by atoms with van der Waals surface area (Å²) in [5.41, 5.74) is 0.804. The van der Waals surface area contributed by atoms with Gasteiger partial charge in [-0.05, 0) is 31.0 Å². The molecule has 0 spiro atoms. The van der Waals surface area contributed by atoms with Crippen LogP contribution in [0, 0.1) is 0 Å². The fourth-order valence-electron chi connectivity index (χ4n) is 3.25. The summed E-state index contributed by atoms with van der Waals surface area (Å²) < 4.78 is 0. The van der Waals surface area contributed by atoms with Crippen molar-refractivity contribution < 1.29 is 5.11 Å². The predicted octanol–water partition coefficient (Wildman–Crippen LogP) is 2.76. The molecule has 6 heteroatoms. The number of nitrogens with zero attached hydrogens (tertiary/aromatic N) is 4. The number of aliphatic hydroxyl groups excluding tert-OH is 1. The first-order valence-corrected chi connectivity index (χ1v) is 8.68. The molecular formula is C18H23ClN4O. The zero-order valence-electron chi connectivity index (χ0n) is 13.8. The molecule has 2 heterocycles. The number of piperidine rings is 1. The third-order valence-corrected chi connectivity index (χ3v) is 5.06. The van der Waals surface area contributed by atoms with E-state index in [9.17, 15) is 5.11 Å². The molecule has 24 heavy (non-hydrogen) atoms. The molecule has 1 aromatic carbocycles. The van der Waals surface area contributed by atoms with Crippen molar-refractivity contribution >= 4 is 17.4 Å². The number of hydrogen-bond donors (Lipinski definition) is 1. The van der Waals surface area contributed by atoms with Crippen LogP contribution < -0.4 is 4.90 Å². The summed E-state index contributed by atoms with van der Waals surface area (Å²) in [4.78, 5) is 4.50. The Morgan fingerprint density at radius 1 is 1.25 bits per heavy atom.